The van der Waals surface area contributed by atoms with E-state index < -0.39 is 17.6 Å². The van der Waals surface area contributed by atoms with Gasteiger partial charge in [0.1, 0.15) is 28.6 Å². The van der Waals surface area contributed by atoms with Crippen LogP contribution in [0.25, 0.3) is 22.5 Å². The maximum atomic E-state index is 14.2. The van der Waals surface area contributed by atoms with Crippen molar-refractivity contribution >= 4 is 23.5 Å². The monoisotopic (exact) mass is 477 g/mol. The average Bonchev–Trinajstić information content (AvgIpc) is 3.38. The zero-order valence-corrected chi connectivity index (χ0v) is 19.4. The standard InChI is InChI=1S/C24H24FN7O3/c1-12(2)32-23(26)21(24(27)34)22(30-32)14-5-6-15(28-11-14)9-19(33)29-20-10-18(31-35-20)16-7-4-13(3)8-17(16)25/h4-8,10-12H,9,26H2,1-3H3,(H2,27,34)(H,29,33). The Kier molecular flexibility index (Phi) is 6.32. The minimum absolute atomic E-state index is 0.0551. The van der Waals surface area contributed by atoms with Crippen molar-refractivity contribution in [2.24, 2.45) is 5.73 Å². The Morgan fingerprint density at radius 1 is 1.20 bits per heavy atom. The highest BCUT2D eigenvalue weighted by molar-refractivity contribution is 6.03. The summed E-state index contributed by atoms with van der Waals surface area (Å²) in [5.74, 6) is -1.25. The molecule has 5 N–H and O–H groups in total. The first-order chi connectivity index (χ1) is 16.6. The van der Waals surface area contributed by atoms with Crippen molar-refractivity contribution in [1.82, 2.24) is 19.9 Å². The highest BCUT2D eigenvalue weighted by Gasteiger charge is 2.23. The van der Waals surface area contributed by atoms with Gasteiger partial charge in [0.2, 0.25) is 11.8 Å². The maximum absolute atomic E-state index is 14.2. The Bertz CT molecular complexity index is 1410. The van der Waals surface area contributed by atoms with Crippen LogP contribution in [-0.2, 0) is 11.2 Å². The SMILES string of the molecule is Cc1ccc(-c2cc(NC(=O)Cc3ccc(-c4nn(C(C)C)c(N)c4C(N)=O)cn3)on2)c(F)c1. The van der Waals surface area contributed by atoms with E-state index in [4.69, 9.17) is 16.0 Å². The number of pyridine rings is 1. The number of nitrogen functional groups attached to an aromatic ring is 1. The van der Waals surface area contributed by atoms with Crippen LogP contribution < -0.4 is 16.8 Å². The molecule has 180 valence electrons. The first-order valence-corrected chi connectivity index (χ1v) is 10.8. The number of benzene rings is 1. The van der Waals surface area contributed by atoms with Gasteiger partial charge in [0.25, 0.3) is 5.91 Å². The van der Waals surface area contributed by atoms with Gasteiger partial charge in [-0.25, -0.2) is 9.07 Å². The fraction of sp³-hybridized carbons (Fsp3) is 0.208. The number of carbonyl (C=O) groups excluding carboxylic acids is 2. The highest BCUT2D eigenvalue weighted by atomic mass is 19.1. The van der Waals surface area contributed by atoms with Crippen LogP contribution in [0.3, 0.4) is 0 Å². The number of aromatic nitrogens is 4. The molecule has 0 fully saturated rings. The lowest BCUT2D eigenvalue weighted by atomic mass is 10.1. The lowest BCUT2D eigenvalue weighted by Gasteiger charge is -2.06. The van der Waals surface area contributed by atoms with Crippen LogP contribution >= 0.6 is 0 Å². The number of aryl methyl sites for hydroxylation is 1. The van der Waals surface area contributed by atoms with Crippen molar-refractivity contribution in [3.05, 3.63) is 65.2 Å². The van der Waals surface area contributed by atoms with Gasteiger partial charge in [-0.3, -0.25) is 19.9 Å². The molecule has 0 spiro atoms. The third kappa shape index (κ3) is 4.88. The summed E-state index contributed by atoms with van der Waals surface area (Å²) in [6.07, 6.45) is 1.44. The maximum Gasteiger partial charge on any atom is 0.254 e. The molecule has 0 aliphatic rings. The van der Waals surface area contributed by atoms with Gasteiger partial charge in [-0.2, -0.15) is 5.10 Å². The summed E-state index contributed by atoms with van der Waals surface area (Å²) in [4.78, 5) is 28.7. The Labute approximate surface area is 200 Å². The van der Waals surface area contributed by atoms with Gasteiger partial charge in [0.05, 0.1) is 6.42 Å². The summed E-state index contributed by atoms with van der Waals surface area (Å²) in [6.45, 7) is 5.55. The highest BCUT2D eigenvalue weighted by Crippen LogP contribution is 2.29. The van der Waals surface area contributed by atoms with E-state index in [1.54, 1.807) is 31.2 Å². The first kappa shape index (κ1) is 23.6. The molecule has 0 radical (unpaired) electrons. The molecule has 3 heterocycles. The number of nitrogens with two attached hydrogens (primary N) is 2. The predicted molar refractivity (Wildman–Crippen MR) is 128 cm³/mol. The van der Waals surface area contributed by atoms with Crippen LogP contribution in [0.4, 0.5) is 16.1 Å². The van der Waals surface area contributed by atoms with E-state index in [0.717, 1.165) is 5.56 Å². The fourth-order valence-corrected chi connectivity index (χ4v) is 3.59. The number of halogens is 1. The Morgan fingerprint density at radius 2 is 1.97 bits per heavy atom. The van der Waals surface area contributed by atoms with Gasteiger partial charge in [-0.05, 0) is 50.6 Å². The second kappa shape index (κ2) is 9.37. The summed E-state index contributed by atoms with van der Waals surface area (Å²) in [5, 5.41) is 10.8. The van der Waals surface area contributed by atoms with Crippen LogP contribution in [-0.4, -0.2) is 31.7 Å². The van der Waals surface area contributed by atoms with Gasteiger partial charge in [-0.1, -0.05) is 11.2 Å². The summed E-state index contributed by atoms with van der Waals surface area (Å²) >= 11 is 0. The molecule has 3 aromatic heterocycles. The molecular formula is C24H24FN7O3. The van der Waals surface area contributed by atoms with Gasteiger partial charge in [0, 0.05) is 35.1 Å². The summed E-state index contributed by atoms with van der Waals surface area (Å²) in [5.41, 5.74) is 14.3. The molecule has 35 heavy (non-hydrogen) atoms. The molecule has 11 heteroatoms. The van der Waals surface area contributed by atoms with Crippen LogP contribution in [0.5, 0.6) is 0 Å². The van der Waals surface area contributed by atoms with Gasteiger partial charge in [0.15, 0.2) is 0 Å². The molecule has 0 saturated heterocycles. The van der Waals surface area contributed by atoms with Crippen molar-refractivity contribution in [3.8, 4) is 22.5 Å². The van der Waals surface area contributed by atoms with E-state index in [-0.39, 0.29) is 41.0 Å². The van der Waals surface area contributed by atoms with E-state index in [1.165, 1.54) is 23.0 Å². The second-order valence-electron chi connectivity index (χ2n) is 8.33. The minimum Gasteiger partial charge on any atom is -0.383 e. The van der Waals surface area contributed by atoms with E-state index in [2.05, 4.69) is 20.6 Å². The van der Waals surface area contributed by atoms with E-state index in [1.807, 2.05) is 13.8 Å². The number of hydrogen-bond donors (Lipinski definition) is 3. The smallest absolute Gasteiger partial charge is 0.254 e. The Morgan fingerprint density at radius 3 is 2.60 bits per heavy atom. The Balaban J connectivity index is 1.46. The number of primary amides is 1. The van der Waals surface area contributed by atoms with E-state index in [0.29, 0.717) is 17.0 Å². The number of carbonyl (C=O) groups is 2. The number of amides is 2. The molecule has 1 aromatic carbocycles. The number of nitrogens with zero attached hydrogens (tertiary/aromatic N) is 4. The summed E-state index contributed by atoms with van der Waals surface area (Å²) < 4.78 is 20.8. The van der Waals surface area contributed by atoms with Gasteiger partial charge < -0.3 is 16.0 Å². The van der Waals surface area contributed by atoms with E-state index in [9.17, 15) is 14.0 Å². The van der Waals surface area contributed by atoms with Crippen molar-refractivity contribution < 1.29 is 18.5 Å². The van der Waals surface area contributed by atoms with Gasteiger partial charge >= 0.3 is 0 Å². The zero-order valence-electron chi connectivity index (χ0n) is 19.4. The topological polar surface area (TPSA) is 155 Å². The second-order valence-corrected chi connectivity index (χ2v) is 8.33. The van der Waals surface area contributed by atoms with Crippen molar-refractivity contribution in [2.45, 2.75) is 33.2 Å². The quantitative estimate of drug-likeness (QED) is 0.368. The van der Waals surface area contributed by atoms with E-state index >= 15 is 0 Å². The van der Waals surface area contributed by atoms with Crippen LogP contribution in [0, 0.1) is 12.7 Å². The third-order valence-corrected chi connectivity index (χ3v) is 5.30. The predicted octanol–water partition coefficient (Wildman–Crippen LogP) is 3.49. The first-order valence-electron chi connectivity index (χ1n) is 10.8. The molecule has 0 unspecified atom stereocenters. The van der Waals surface area contributed by atoms with Crippen LogP contribution in [0.2, 0.25) is 0 Å². The third-order valence-electron chi connectivity index (χ3n) is 5.30. The van der Waals surface area contributed by atoms with Crippen molar-refractivity contribution in [1.29, 1.82) is 0 Å². The normalized spacial score (nSPS) is 11.1. The molecule has 10 nitrogen and oxygen atoms in total. The number of rotatable bonds is 7. The molecular weight excluding hydrogens is 453 g/mol. The molecule has 0 saturated carbocycles. The lowest BCUT2D eigenvalue weighted by molar-refractivity contribution is -0.115. The molecule has 4 rings (SSSR count). The molecule has 2 amide bonds. The molecule has 0 aliphatic heterocycles. The fourth-order valence-electron chi connectivity index (χ4n) is 3.59. The zero-order chi connectivity index (χ0) is 25.3. The van der Waals surface area contributed by atoms with Gasteiger partial charge in [-0.15, -0.1) is 0 Å². The number of anilines is 2. The lowest BCUT2D eigenvalue weighted by Crippen LogP contribution is -2.15. The molecule has 0 bridgehead atoms. The molecule has 4 aromatic rings. The largest absolute Gasteiger partial charge is 0.383 e. The summed E-state index contributed by atoms with van der Waals surface area (Å²) in [6, 6.07) is 9.44. The Hall–Kier alpha value is -4.54. The summed E-state index contributed by atoms with van der Waals surface area (Å²) in [7, 11) is 0. The van der Waals surface area contributed by atoms with Crippen molar-refractivity contribution in [2.75, 3.05) is 11.1 Å². The van der Waals surface area contributed by atoms with Crippen molar-refractivity contribution in [3.63, 3.8) is 0 Å². The molecule has 0 aliphatic carbocycles. The average molecular weight is 478 g/mol. The molecule has 0 atom stereocenters. The van der Waals surface area contributed by atoms with Crippen LogP contribution in [0.1, 0.15) is 41.5 Å². The number of hydrogen-bond acceptors (Lipinski definition) is 7. The number of nitrogens with one attached hydrogen (secondary N) is 1. The minimum atomic E-state index is -0.690. The van der Waals surface area contributed by atoms with Crippen LogP contribution in [0.15, 0.2) is 47.1 Å².